The largest absolute Gasteiger partial charge is 0.484 e. The van der Waals surface area contributed by atoms with Crippen LogP contribution in [0.4, 0.5) is 11.4 Å². The predicted molar refractivity (Wildman–Crippen MR) is 97.8 cm³/mol. The molecule has 23 heavy (non-hydrogen) atoms. The molecule has 0 spiro atoms. The Labute approximate surface area is 145 Å². The Bertz CT molecular complexity index is 691. The maximum atomic E-state index is 12.0. The van der Waals surface area contributed by atoms with Crippen molar-refractivity contribution in [3.63, 3.8) is 0 Å². The molecule has 3 N–H and O–H groups in total. The molecule has 2 aromatic rings. The minimum absolute atomic E-state index is 0.0499. The van der Waals surface area contributed by atoms with E-state index >= 15 is 0 Å². The number of hydrogen-bond acceptors (Lipinski definition) is 3. The van der Waals surface area contributed by atoms with Gasteiger partial charge in [-0.05, 0) is 57.2 Å². The van der Waals surface area contributed by atoms with Crippen LogP contribution in [0.2, 0.25) is 0 Å². The lowest BCUT2D eigenvalue weighted by atomic mass is 9.87. The Balaban J connectivity index is 1.91. The van der Waals surface area contributed by atoms with Gasteiger partial charge < -0.3 is 15.8 Å². The molecule has 0 aliphatic carbocycles. The molecule has 0 atom stereocenters. The summed E-state index contributed by atoms with van der Waals surface area (Å²) >= 11 is 3.36. The highest BCUT2D eigenvalue weighted by Crippen LogP contribution is 2.25. The van der Waals surface area contributed by atoms with E-state index in [1.54, 1.807) is 18.2 Å². The quantitative estimate of drug-likeness (QED) is 0.779. The molecule has 0 saturated carbocycles. The molecule has 0 bridgehead atoms. The second-order valence-corrected chi connectivity index (χ2v) is 7.20. The molecule has 0 aliphatic heterocycles. The van der Waals surface area contributed by atoms with Crippen LogP contribution >= 0.6 is 15.9 Å². The number of halogens is 1. The molecule has 5 heteroatoms. The van der Waals surface area contributed by atoms with Crippen LogP contribution in [0.25, 0.3) is 0 Å². The van der Waals surface area contributed by atoms with Gasteiger partial charge in [0.1, 0.15) is 5.75 Å². The maximum Gasteiger partial charge on any atom is 0.262 e. The molecule has 4 nitrogen and oxygen atoms in total. The van der Waals surface area contributed by atoms with Crippen molar-refractivity contribution in [1.29, 1.82) is 0 Å². The number of amides is 1. The molecular weight excluding hydrogens is 356 g/mol. The van der Waals surface area contributed by atoms with E-state index < -0.39 is 0 Å². The molecule has 0 unspecified atom stereocenters. The normalized spacial score (nSPS) is 11.1. The van der Waals surface area contributed by atoms with Gasteiger partial charge in [-0.25, -0.2) is 0 Å². The van der Waals surface area contributed by atoms with E-state index in [-0.39, 0.29) is 17.9 Å². The van der Waals surface area contributed by atoms with Gasteiger partial charge >= 0.3 is 0 Å². The molecule has 0 fully saturated rings. The highest BCUT2D eigenvalue weighted by Gasteiger charge is 2.13. The van der Waals surface area contributed by atoms with Crippen molar-refractivity contribution in [2.24, 2.45) is 0 Å². The van der Waals surface area contributed by atoms with E-state index in [9.17, 15) is 4.79 Å². The SMILES string of the molecule is CC(C)(C)c1ccc(OCC(=O)Nc2ccc(N)cc2Br)cc1. The highest BCUT2D eigenvalue weighted by molar-refractivity contribution is 9.10. The zero-order chi connectivity index (χ0) is 17.0. The molecule has 0 aromatic heterocycles. The molecule has 0 heterocycles. The third-order valence-electron chi connectivity index (χ3n) is 3.36. The van der Waals surface area contributed by atoms with Gasteiger partial charge in [0, 0.05) is 10.2 Å². The number of carbonyl (C=O) groups is 1. The lowest BCUT2D eigenvalue weighted by Crippen LogP contribution is -2.20. The fourth-order valence-electron chi connectivity index (χ4n) is 2.02. The van der Waals surface area contributed by atoms with Gasteiger partial charge in [0.2, 0.25) is 0 Å². The van der Waals surface area contributed by atoms with Crippen molar-refractivity contribution in [3.8, 4) is 5.75 Å². The van der Waals surface area contributed by atoms with E-state index in [2.05, 4.69) is 42.0 Å². The summed E-state index contributed by atoms with van der Waals surface area (Å²) in [6.45, 7) is 6.41. The summed E-state index contributed by atoms with van der Waals surface area (Å²) < 4.78 is 6.26. The average Bonchev–Trinajstić information content (AvgIpc) is 2.47. The Morgan fingerprint density at radius 3 is 2.39 bits per heavy atom. The number of benzene rings is 2. The fraction of sp³-hybridized carbons (Fsp3) is 0.278. The summed E-state index contributed by atoms with van der Waals surface area (Å²) in [4.78, 5) is 12.0. The van der Waals surface area contributed by atoms with Crippen molar-refractivity contribution in [1.82, 2.24) is 0 Å². The van der Waals surface area contributed by atoms with Gasteiger partial charge in [0.15, 0.2) is 6.61 Å². The third kappa shape index (κ3) is 4.99. The van der Waals surface area contributed by atoms with E-state index in [0.29, 0.717) is 17.1 Å². The number of anilines is 2. The van der Waals surface area contributed by atoms with Gasteiger partial charge in [-0.15, -0.1) is 0 Å². The van der Waals surface area contributed by atoms with Crippen LogP contribution in [-0.4, -0.2) is 12.5 Å². The lowest BCUT2D eigenvalue weighted by molar-refractivity contribution is -0.118. The molecule has 1 amide bonds. The highest BCUT2D eigenvalue weighted by atomic mass is 79.9. The smallest absolute Gasteiger partial charge is 0.262 e. The Hall–Kier alpha value is -2.01. The van der Waals surface area contributed by atoms with E-state index in [0.717, 1.165) is 4.47 Å². The molecule has 2 rings (SSSR count). The zero-order valence-electron chi connectivity index (χ0n) is 13.5. The lowest BCUT2D eigenvalue weighted by Gasteiger charge is -2.19. The topological polar surface area (TPSA) is 64.3 Å². The molecule has 0 radical (unpaired) electrons. The van der Waals surface area contributed by atoms with Crippen molar-refractivity contribution >= 4 is 33.2 Å². The summed E-state index contributed by atoms with van der Waals surface area (Å²) in [7, 11) is 0. The van der Waals surface area contributed by atoms with Crippen LogP contribution in [-0.2, 0) is 10.2 Å². The first-order chi connectivity index (χ1) is 10.8. The van der Waals surface area contributed by atoms with Gasteiger partial charge in [-0.3, -0.25) is 4.79 Å². The second kappa shape index (κ2) is 7.04. The van der Waals surface area contributed by atoms with Gasteiger partial charge in [0.05, 0.1) is 5.69 Å². The molecule has 2 aromatic carbocycles. The summed E-state index contributed by atoms with van der Waals surface area (Å²) in [5.74, 6) is 0.444. The number of nitrogen functional groups attached to an aromatic ring is 1. The second-order valence-electron chi connectivity index (χ2n) is 6.35. The number of rotatable bonds is 4. The van der Waals surface area contributed by atoms with Gasteiger partial charge in [-0.1, -0.05) is 32.9 Å². The van der Waals surface area contributed by atoms with Crippen LogP contribution in [0.15, 0.2) is 46.9 Å². The first-order valence-corrected chi connectivity index (χ1v) is 8.13. The number of carbonyl (C=O) groups excluding carboxylic acids is 1. The number of nitrogens with one attached hydrogen (secondary N) is 1. The van der Waals surface area contributed by atoms with Gasteiger partial charge in [-0.2, -0.15) is 0 Å². The number of ether oxygens (including phenoxy) is 1. The maximum absolute atomic E-state index is 12.0. The standard InChI is InChI=1S/C18H21BrN2O2/c1-18(2,3)12-4-7-14(8-5-12)23-11-17(22)21-16-9-6-13(20)10-15(16)19/h4-10H,11,20H2,1-3H3,(H,21,22). The van der Waals surface area contributed by atoms with E-state index in [1.165, 1.54) is 5.56 Å². The first-order valence-electron chi connectivity index (χ1n) is 7.34. The number of hydrogen-bond donors (Lipinski definition) is 2. The van der Waals surface area contributed by atoms with Crippen molar-refractivity contribution in [3.05, 3.63) is 52.5 Å². The number of nitrogens with two attached hydrogens (primary N) is 1. The van der Waals surface area contributed by atoms with E-state index in [1.807, 2.05) is 24.3 Å². The first kappa shape index (κ1) is 17.3. The van der Waals surface area contributed by atoms with Crippen LogP contribution in [0.1, 0.15) is 26.3 Å². The average molecular weight is 377 g/mol. The van der Waals surface area contributed by atoms with Crippen LogP contribution in [0, 0.1) is 0 Å². The zero-order valence-corrected chi connectivity index (χ0v) is 15.1. The molecule has 0 aliphatic rings. The molecule has 0 saturated heterocycles. The fourth-order valence-corrected chi connectivity index (χ4v) is 2.51. The summed E-state index contributed by atoms with van der Waals surface area (Å²) in [6.07, 6.45) is 0. The minimum atomic E-state index is -0.227. The summed E-state index contributed by atoms with van der Waals surface area (Å²) in [6, 6.07) is 13.0. The summed E-state index contributed by atoms with van der Waals surface area (Å²) in [5, 5.41) is 2.78. The molecule has 122 valence electrons. The van der Waals surface area contributed by atoms with Crippen LogP contribution in [0.5, 0.6) is 5.75 Å². The molecular formula is C18H21BrN2O2. The monoisotopic (exact) mass is 376 g/mol. The van der Waals surface area contributed by atoms with Crippen LogP contribution < -0.4 is 15.8 Å². The Morgan fingerprint density at radius 2 is 1.83 bits per heavy atom. The summed E-state index contributed by atoms with van der Waals surface area (Å²) in [5.41, 5.74) is 8.28. The Kier molecular flexibility index (Phi) is 5.31. The van der Waals surface area contributed by atoms with Crippen molar-refractivity contribution < 1.29 is 9.53 Å². The Morgan fingerprint density at radius 1 is 1.17 bits per heavy atom. The minimum Gasteiger partial charge on any atom is -0.484 e. The van der Waals surface area contributed by atoms with Crippen molar-refractivity contribution in [2.45, 2.75) is 26.2 Å². The third-order valence-corrected chi connectivity index (χ3v) is 4.01. The van der Waals surface area contributed by atoms with E-state index in [4.69, 9.17) is 10.5 Å². The van der Waals surface area contributed by atoms with Crippen molar-refractivity contribution in [2.75, 3.05) is 17.7 Å². The van der Waals surface area contributed by atoms with Crippen LogP contribution in [0.3, 0.4) is 0 Å². The van der Waals surface area contributed by atoms with Gasteiger partial charge in [0.25, 0.3) is 5.91 Å². The predicted octanol–water partition coefficient (Wildman–Crippen LogP) is 4.35.